The molecule has 0 atom stereocenters. The van der Waals surface area contributed by atoms with Gasteiger partial charge in [-0.2, -0.15) is 0 Å². The summed E-state index contributed by atoms with van der Waals surface area (Å²) in [6.45, 7) is 5.20. The van der Waals surface area contributed by atoms with Crippen molar-refractivity contribution in [2.24, 2.45) is 0 Å². The largest absolute Gasteiger partial charge is 0.388 e. The molecule has 2 N–H and O–H groups in total. The van der Waals surface area contributed by atoms with Crippen molar-refractivity contribution in [3.05, 3.63) is 35.2 Å². The Balaban J connectivity index is 1.77. The van der Waals surface area contributed by atoms with Crippen molar-refractivity contribution in [1.82, 2.24) is 9.91 Å². The van der Waals surface area contributed by atoms with Gasteiger partial charge in [-0.1, -0.05) is 0 Å². The van der Waals surface area contributed by atoms with Gasteiger partial charge in [0.15, 0.2) is 0 Å². The molecule has 5 nitrogen and oxygen atoms in total. The molecule has 0 radical (unpaired) electrons. The van der Waals surface area contributed by atoms with E-state index in [2.05, 4.69) is 62.2 Å². The minimum absolute atomic E-state index is 0.878. The van der Waals surface area contributed by atoms with Gasteiger partial charge >= 0.3 is 0 Å². The van der Waals surface area contributed by atoms with Gasteiger partial charge in [0, 0.05) is 51.0 Å². The van der Waals surface area contributed by atoms with Crippen molar-refractivity contribution in [2.45, 2.75) is 6.54 Å². The Morgan fingerprint density at radius 2 is 1.96 bits per heavy atom. The summed E-state index contributed by atoms with van der Waals surface area (Å²) in [5.41, 5.74) is 4.95. The second kappa shape index (κ2) is 6.03. The van der Waals surface area contributed by atoms with Gasteiger partial charge in [0.2, 0.25) is 0 Å². The van der Waals surface area contributed by atoms with Crippen LogP contribution in [0.5, 0.6) is 0 Å². The maximum Gasteiger partial charge on any atom is 0.116 e. The van der Waals surface area contributed by atoms with E-state index in [-0.39, 0.29) is 0 Å². The van der Waals surface area contributed by atoms with Crippen molar-refractivity contribution in [3.63, 3.8) is 0 Å². The van der Waals surface area contributed by atoms with E-state index in [0.29, 0.717) is 0 Å². The van der Waals surface area contributed by atoms with Gasteiger partial charge in [-0.25, -0.2) is 5.01 Å². The van der Waals surface area contributed by atoms with E-state index < -0.39 is 0 Å². The third-order valence-corrected chi connectivity index (χ3v) is 5.59. The average Bonchev–Trinajstić information content (AvgIpc) is 2.98. The highest BCUT2D eigenvalue weighted by Crippen LogP contribution is 2.42. The molecule has 0 spiro atoms. The number of likely N-dealkylation sites (N-methyl/N-ethyl adjacent to an activating group) is 1. The Bertz CT molecular complexity index is 690. The molecule has 1 aromatic heterocycles. The number of hydrogen-bond donors (Lipinski definition) is 2. The minimum Gasteiger partial charge on any atom is -0.388 e. The highest BCUT2D eigenvalue weighted by atomic mass is 32.1. The van der Waals surface area contributed by atoms with E-state index in [1.807, 2.05) is 18.4 Å². The number of piperazine rings is 1. The van der Waals surface area contributed by atoms with Crippen LogP contribution in [0.3, 0.4) is 0 Å². The van der Waals surface area contributed by atoms with Gasteiger partial charge < -0.3 is 15.5 Å². The zero-order valence-corrected chi connectivity index (χ0v) is 14.5. The van der Waals surface area contributed by atoms with E-state index in [1.54, 1.807) is 0 Å². The van der Waals surface area contributed by atoms with Crippen LogP contribution in [0.2, 0.25) is 0 Å². The third kappa shape index (κ3) is 2.67. The number of nitrogens with one attached hydrogen (secondary N) is 2. The first-order valence-electron chi connectivity index (χ1n) is 8.12. The molecule has 122 valence electrons. The van der Waals surface area contributed by atoms with Crippen molar-refractivity contribution in [3.8, 4) is 0 Å². The fourth-order valence-corrected chi connectivity index (χ4v) is 4.21. The Kier molecular flexibility index (Phi) is 3.88. The monoisotopic (exact) mass is 329 g/mol. The number of thiophene rings is 1. The van der Waals surface area contributed by atoms with Gasteiger partial charge in [0.1, 0.15) is 5.00 Å². The lowest BCUT2D eigenvalue weighted by Gasteiger charge is -2.41. The summed E-state index contributed by atoms with van der Waals surface area (Å²) >= 11 is 1.83. The topological polar surface area (TPSA) is 33.8 Å². The van der Waals surface area contributed by atoms with Crippen molar-refractivity contribution >= 4 is 33.4 Å². The zero-order chi connectivity index (χ0) is 15.8. The smallest absolute Gasteiger partial charge is 0.116 e. The van der Waals surface area contributed by atoms with Crippen LogP contribution in [0.1, 0.15) is 5.56 Å². The maximum atomic E-state index is 3.61. The second-order valence-corrected chi connectivity index (χ2v) is 7.05. The molecule has 2 aromatic rings. The standard InChI is InChI=1S/C17H23N5S/c1-18-14-3-4-16-15(11-14)19-12-13-5-10-23-17(13)22(16)21-8-6-20(2)7-9-21/h3-5,10-11,18-19H,6-9,12H2,1-2H3. The lowest BCUT2D eigenvalue weighted by Crippen LogP contribution is -2.51. The van der Waals surface area contributed by atoms with Crippen LogP contribution in [0.4, 0.5) is 22.1 Å². The van der Waals surface area contributed by atoms with E-state index >= 15 is 0 Å². The van der Waals surface area contributed by atoms with Crippen LogP contribution < -0.4 is 15.6 Å². The van der Waals surface area contributed by atoms with Crippen LogP contribution in [0.15, 0.2) is 29.6 Å². The minimum atomic E-state index is 0.878. The summed E-state index contributed by atoms with van der Waals surface area (Å²) < 4.78 is 0. The van der Waals surface area contributed by atoms with Gasteiger partial charge in [-0.3, -0.25) is 5.01 Å². The van der Waals surface area contributed by atoms with E-state index in [9.17, 15) is 0 Å². The number of hydrogen-bond acceptors (Lipinski definition) is 6. The first kappa shape index (κ1) is 14.8. The van der Waals surface area contributed by atoms with Gasteiger partial charge in [0.25, 0.3) is 0 Å². The Hall–Kier alpha value is -1.76. The summed E-state index contributed by atoms with van der Waals surface area (Å²) in [5.74, 6) is 0. The molecule has 1 fully saturated rings. The Morgan fingerprint density at radius 1 is 1.13 bits per heavy atom. The molecule has 6 heteroatoms. The molecular weight excluding hydrogens is 306 g/mol. The number of fused-ring (bicyclic) bond motifs is 2. The Labute approximate surface area is 141 Å². The molecule has 2 aliphatic rings. The molecule has 0 saturated carbocycles. The molecule has 1 saturated heterocycles. The number of anilines is 4. The SMILES string of the molecule is CNc1ccc2c(c1)NCc1ccsc1N2N1CCN(C)CC1. The molecule has 3 heterocycles. The van der Waals surface area contributed by atoms with E-state index in [4.69, 9.17) is 0 Å². The maximum absolute atomic E-state index is 3.61. The van der Waals surface area contributed by atoms with E-state index in [1.165, 1.54) is 21.9 Å². The van der Waals surface area contributed by atoms with Crippen LogP contribution in [0.25, 0.3) is 0 Å². The summed E-state index contributed by atoms with van der Waals surface area (Å²) in [6.07, 6.45) is 0. The van der Waals surface area contributed by atoms with Crippen molar-refractivity contribution in [1.29, 1.82) is 0 Å². The summed E-state index contributed by atoms with van der Waals surface area (Å²) in [4.78, 5) is 2.40. The molecule has 0 unspecified atom stereocenters. The molecule has 23 heavy (non-hydrogen) atoms. The molecule has 0 amide bonds. The molecule has 4 rings (SSSR count). The molecule has 0 bridgehead atoms. The van der Waals surface area contributed by atoms with Gasteiger partial charge in [0.05, 0.1) is 11.4 Å². The van der Waals surface area contributed by atoms with Crippen molar-refractivity contribution < 1.29 is 0 Å². The lowest BCUT2D eigenvalue weighted by molar-refractivity contribution is 0.155. The number of nitrogens with zero attached hydrogens (tertiary/aromatic N) is 3. The zero-order valence-electron chi connectivity index (χ0n) is 13.7. The quantitative estimate of drug-likeness (QED) is 0.885. The number of benzene rings is 1. The van der Waals surface area contributed by atoms with Crippen LogP contribution in [0, 0.1) is 0 Å². The number of hydrazine groups is 1. The fraction of sp³-hybridized carbons (Fsp3) is 0.412. The van der Waals surface area contributed by atoms with E-state index in [0.717, 1.165) is 38.4 Å². The lowest BCUT2D eigenvalue weighted by atomic mass is 10.2. The predicted molar refractivity (Wildman–Crippen MR) is 98.8 cm³/mol. The first-order valence-corrected chi connectivity index (χ1v) is 9.00. The highest BCUT2D eigenvalue weighted by Gasteiger charge is 2.28. The number of rotatable bonds is 2. The van der Waals surface area contributed by atoms with Gasteiger partial charge in [-0.05, 0) is 36.7 Å². The average molecular weight is 329 g/mol. The van der Waals surface area contributed by atoms with Crippen LogP contribution in [-0.2, 0) is 6.54 Å². The summed E-state index contributed by atoms with van der Waals surface area (Å²) in [6, 6.07) is 8.82. The predicted octanol–water partition coefficient (Wildman–Crippen LogP) is 3.02. The van der Waals surface area contributed by atoms with Crippen LogP contribution >= 0.6 is 11.3 Å². The first-order chi connectivity index (χ1) is 11.3. The molecular formula is C17H23N5S. The molecule has 1 aromatic carbocycles. The highest BCUT2D eigenvalue weighted by molar-refractivity contribution is 7.14. The molecule has 0 aliphatic carbocycles. The Morgan fingerprint density at radius 3 is 2.74 bits per heavy atom. The van der Waals surface area contributed by atoms with Crippen LogP contribution in [-0.4, -0.2) is 50.2 Å². The normalized spacial score (nSPS) is 18.8. The summed E-state index contributed by atoms with van der Waals surface area (Å²) in [7, 11) is 4.17. The summed E-state index contributed by atoms with van der Waals surface area (Å²) in [5, 5.41) is 15.3. The fourth-order valence-electron chi connectivity index (χ4n) is 3.24. The third-order valence-electron chi connectivity index (χ3n) is 4.66. The van der Waals surface area contributed by atoms with Gasteiger partial charge in [-0.15, -0.1) is 11.3 Å². The molecule has 2 aliphatic heterocycles. The second-order valence-electron chi connectivity index (χ2n) is 6.16. The van der Waals surface area contributed by atoms with Crippen molar-refractivity contribution in [2.75, 3.05) is 55.9 Å².